The molecule has 1 aliphatic rings. The molecule has 1 saturated carbocycles. The Balaban J connectivity index is 1.33. The van der Waals surface area contributed by atoms with Gasteiger partial charge in [0.2, 0.25) is 0 Å². The number of halogens is 2. The molecular weight excluding hydrogens is 345 g/mol. The summed E-state index contributed by atoms with van der Waals surface area (Å²) in [5.41, 5.74) is 1.31. The van der Waals surface area contributed by atoms with E-state index in [0.717, 1.165) is 5.52 Å². The smallest absolute Gasteiger partial charge is 0.255 e. The fourth-order valence-electron chi connectivity index (χ4n) is 2.89. The van der Waals surface area contributed by atoms with E-state index in [9.17, 15) is 9.18 Å². The van der Waals surface area contributed by atoms with Crippen molar-refractivity contribution in [3.63, 3.8) is 0 Å². The molecule has 1 amide bonds. The normalized spacial score (nSPS) is 19.4. The van der Waals surface area contributed by atoms with E-state index in [-0.39, 0.29) is 23.1 Å². The number of fused-ring (bicyclic) bond motifs is 1. The minimum absolute atomic E-state index is 0.0355. The fourth-order valence-corrected chi connectivity index (χ4v) is 3.01. The number of aromatic nitrogens is 2. The van der Waals surface area contributed by atoms with Gasteiger partial charge < -0.3 is 10.1 Å². The van der Waals surface area contributed by atoms with Crippen molar-refractivity contribution in [3.05, 3.63) is 65.2 Å². The molecule has 5 nitrogen and oxygen atoms in total. The van der Waals surface area contributed by atoms with Crippen molar-refractivity contribution in [3.8, 4) is 5.75 Å². The van der Waals surface area contributed by atoms with E-state index in [1.807, 2.05) is 18.2 Å². The number of benzene rings is 1. The molecule has 0 bridgehead atoms. The molecule has 0 spiro atoms. The maximum atomic E-state index is 13.4. The van der Waals surface area contributed by atoms with Crippen molar-refractivity contribution in [2.24, 2.45) is 0 Å². The first kappa shape index (κ1) is 15.9. The Kier molecular flexibility index (Phi) is 4.05. The summed E-state index contributed by atoms with van der Waals surface area (Å²) in [6.45, 7) is 0. The van der Waals surface area contributed by atoms with E-state index in [4.69, 9.17) is 16.3 Å². The average molecular weight is 360 g/mol. The van der Waals surface area contributed by atoms with Crippen molar-refractivity contribution >= 4 is 23.0 Å². The molecule has 25 heavy (non-hydrogen) atoms. The highest BCUT2D eigenvalue weighted by molar-refractivity contribution is 6.30. The van der Waals surface area contributed by atoms with Gasteiger partial charge in [0.05, 0.1) is 22.3 Å². The molecule has 7 heteroatoms. The van der Waals surface area contributed by atoms with Crippen LogP contribution in [0.3, 0.4) is 0 Å². The van der Waals surface area contributed by atoms with Crippen molar-refractivity contribution < 1.29 is 13.9 Å². The maximum Gasteiger partial charge on any atom is 0.255 e. The molecule has 128 valence electrons. The highest BCUT2D eigenvalue weighted by atomic mass is 35.5. The monoisotopic (exact) mass is 359 g/mol. The van der Waals surface area contributed by atoms with Gasteiger partial charge in [-0.2, -0.15) is 5.10 Å². The zero-order valence-electron chi connectivity index (χ0n) is 13.2. The predicted octanol–water partition coefficient (Wildman–Crippen LogP) is 3.47. The van der Waals surface area contributed by atoms with Gasteiger partial charge in [0.1, 0.15) is 17.7 Å². The highest BCUT2D eigenvalue weighted by Crippen LogP contribution is 2.28. The van der Waals surface area contributed by atoms with E-state index >= 15 is 0 Å². The largest absolute Gasteiger partial charge is 0.490 e. The van der Waals surface area contributed by atoms with Crippen molar-refractivity contribution in [2.75, 3.05) is 0 Å². The van der Waals surface area contributed by atoms with Crippen LogP contribution in [0.5, 0.6) is 5.75 Å². The number of nitrogens with one attached hydrogen (secondary N) is 1. The van der Waals surface area contributed by atoms with Gasteiger partial charge in [-0.25, -0.2) is 8.91 Å². The van der Waals surface area contributed by atoms with Gasteiger partial charge in [-0.15, -0.1) is 0 Å². The lowest BCUT2D eigenvalue weighted by Gasteiger charge is -2.35. The van der Waals surface area contributed by atoms with Gasteiger partial charge >= 0.3 is 0 Å². The third-order valence-corrected chi connectivity index (χ3v) is 4.60. The van der Waals surface area contributed by atoms with Crippen LogP contribution in [-0.4, -0.2) is 27.7 Å². The lowest BCUT2D eigenvalue weighted by Crippen LogP contribution is -2.49. The summed E-state index contributed by atoms with van der Waals surface area (Å²) in [4.78, 5) is 12.4. The van der Waals surface area contributed by atoms with E-state index in [1.54, 1.807) is 23.0 Å². The quantitative estimate of drug-likeness (QED) is 0.776. The van der Waals surface area contributed by atoms with E-state index in [1.165, 1.54) is 12.1 Å². The summed E-state index contributed by atoms with van der Waals surface area (Å²) < 4.78 is 20.8. The Bertz CT molecular complexity index is 937. The summed E-state index contributed by atoms with van der Waals surface area (Å²) in [6.07, 6.45) is 4.66. The SMILES string of the molecule is O=C(NC1CC(Oc2ccc(Cl)c(F)c2)C1)c1cnn2ccccc12. The van der Waals surface area contributed by atoms with E-state index < -0.39 is 5.82 Å². The molecule has 1 aromatic carbocycles. The fraction of sp³-hybridized carbons (Fsp3) is 0.222. The molecule has 0 atom stereocenters. The van der Waals surface area contributed by atoms with Crippen LogP contribution < -0.4 is 10.1 Å². The third kappa shape index (κ3) is 3.17. The average Bonchev–Trinajstić information content (AvgIpc) is 3.00. The van der Waals surface area contributed by atoms with Gasteiger partial charge in [0, 0.05) is 31.1 Å². The topological polar surface area (TPSA) is 55.6 Å². The second-order valence-electron chi connectivity index (χ2n) is 6.05. The van der Waals surface area contributed by atoms with E-state index in [2.05, 4.69) is 10.4 Å². The number of hydrogen-bond donors (Lipinski definition) is 1. The lowest BCUT2D eigenvalue weighted by molar-refractivity contribution is 0.0701. The number of rotatable bonds is 4. The van der Waals surface area contributed by atoms with Gasteiger partial charge in [-0.05, 0) is 24.3 Å². The van der Waals surface area contributed by atoms with Crippen LogP contribution in [-0.2, 0) is 0 Å². The van der Waals surface area contributed by atoms with Crippen LogP contribution in [0.15, 0.2) is 48.8 Å². The Morgan fingerprint density at radius 2 is 2.16 bits per heavy atom. The summed E-state index contributed by atoms with van der Waals surface area (Å²) >= 11 is 5.65. The minimum Gasteiger partial charge on any atom is -0.490 e. The Morgan fingerprint density at radius 3 is 2.96 bits per heavy atom. The number of carbonyl (C=O) groups is 1. The Labute approximate surface area is 148 Å². The first-order valence-corrected chi connectivity index (χ1v) is 8.33. The number of nitrogens with zero attached hydrogens (tertiary/aromatic N) is 2. The van der Waals surface area contributed by atoms with Crippen LogP contribution in [0.4, 0.5) is 4.39 Å². The summed E-state index contributed by atoms with van der Waals surface area (Å²) in [7, 11) is 0. The van der Waals surface area contributed by atoms with Gasteiger partial charge in [0.25, 0.3) is 5.91 Å². The lowest BCUT2D eigenvalue weighted by atomic mass is 9.89. The Morgan fingerprint density at radius 1 is 1.32 bits per heavy atom. The second kappa shape index (κ2) is 6.37. The zero-order valence-corrected chi connectivity index (χ0v) is 13.9. The molecule has 1 N–H and O–H groups in total. The molecule has 2 aromatic heterocycles. The van der Waals surface area contributed by atoms with Gasteiger partial charge in [-0.1, -0.05) is 17.7 Å². The number of carbonyl (C=O) groups excluding carboxylic acids is 1. The summed E-state index contributed by atoms with van der Waals surface area (Å²) in [5.74, 6) is -0.210. The molecule has 1 aliphatic carbocycles. The van der Waals surface area contributed by atoms with Crippen molar-refractivity contribution in [1.29, 1.82) is 0 Å². The molecule has 2 heterocycles. The predicted molar refractivity (Wildman–Crippen MR) is 91.5 cm³/mol. The molecule has 4 rings (SSSR count). The molecule has 0 saturated heterocycles. The second-order valence-corrected chi connectivity index (χ2v) is 6.45. The minimum atomic E-state index is -0.503. The van der Waals surface area contributed by atoms with Crippen LogP contribution in [0.1, 0.15) is 23.2 Å². The number of amides is 1. The summed E-state index contributed by atoms with van der Waals surface area (Å²) in [6, 6.07) is 9.98. The van der Waals surface area contributed by atoms with Gasteiger partial charge in [-0.3, -0.25) is 4.79 Å². The van der Waals surface area contributed by atoms with Crippen LogP contribution in [0, 0.1) is 5.82 Å². The Hall–Kier alpha value is -2.60. The molecule has 3 aromatic rings. The maximum absolute atomic E-state index is 13.4. The highest BCUT2D eigenvalue weighted by Gasteiger charge is 2.32. The molecule has 0 radical (unpaired) electrons. The van der Waals surface area contributed by atoms with Crippen molar-refractivity contribution in [2.45, 2.75) is 25.0 Å². The van der Waals surface area contributed by atoms with Crippen molar-refractivity contribution in [1.82, 2.24) is 14.9 Å². The standard InChI is InChI=1S/C18H15ClFN3O2/c19-15-5-4-12(9-16(15)20)25-13-7-11(8-13)22-18(24)14-10-21-23-6-2-1-3-17(14)23/h1-6,9-11,13H,7-8H2,(H,22,24). The molecule has 1 fully saturated rings. The van der Waals surface area contributed by atoms with Crippen LogP contribution in [0.2, 0.25) is 5.02 Å². The summed E-state index contributed by atoms with van der Waals surface area (Å²) in [5, 5.41) is 7.21. The van der Waals surface area contributed by atoms with Crippen LogP contribution in [0.25, 0.3) is 5.52 Å². The van der Waals surface area contributed by atoms with Gasteiger partial charge in [0.15, 0.2) is 0 Å². The van der Waals surface area contributed by atoms with E-state index in [0.29, 0.717) is 24.2 Å². The van der Waals surface area contributed by atoms with Crippen LogP contribution >= 0.6 is 11.6 Å². The zero-order chi connectivity index (χ0) is 17.4. The first-order chi connectivity index (χ1) is 12.1. The number of ether oxygens (including phenoxy) is 1. The molecule has 0 unspecified atom stereocenters. The third-order valence-electron chi connectivity index (χ3n) is 4.29. The molecule has 0 aliphatic heterocycles. The first-order valence-electron chi connectivity index (χ1n) is 7.95. The number of pyridine rings is 1. The molecular formula is C18H15ClFN3O2. The number of hydrogen-bond acceptors (Lipinski definition) is 3.